The zero-order chi connectivity index (χ0) is 11.8. The predicted octanol–water partition coefficient (Wildman–Crippen LogP) is 2.64. The van der Waals surface area contributed by atoms with E-state index in [4.69, 9.17) is 0 Å². The molecule has 0 bridgehead atoms. The number of hydrogen-bond donors (Lipinski definition) is 1. The molecular weight excluding hydrogens is 212 g/mol. The molecule has 1 aliphatic rings. The van der Waals surface area contributed by atoms with Gasteiger partial charge in [-0.15, -0.1) is 5.10 Å². The van der Waals surface area contributed by atoms with Crippen LogP contribution in [0.15, 0.2) is 18.3 Å². The minimum atomic E-state index is 0.544. The van der Waals surface area contributed by atoms with Crippen LogP contribution in [0.1, 0.15) is 31.7 Å². The van der Waals surface area contributed by atoms with Crippen molar-refractivity contribution in [3.8, 4) is 0 Å². The Morgan fingerprint density at radius 3 is 3.00 bits per heavy atom. The molecule has 0 radical (unpaired) electrons. The van der Waals surface area contributed by atoms with Gasteiger partial charge in [0.2, 0.25) is 5.95 Å². The Hall–Kier alpha value is -1.58. The van der Waals surface area contributed by atoms with Crippen LogP contribution in [-0.2, 0) is 0 Å². The zero-order valence-electron chi connectivity index (χ0n) is 10.3. The van der Waals surface area contributed by atoms with E-state index in [1.807, 2.05) is 16.8 Å². The maximum atomic E-state index is 4.54. The molecule has 0 saturated heterocycles. The first-order valence-electron chi connectivity index (χ1n) is 6.31. The third-order valence-corrected chi connectivity index (χ3v) is 3.59. The Kier molecular flexibility index (Phi) is 2.50. The van der Waals surface area contributed by atoms with Crippen molar-refractivity contribution in [1.29, 1.82) is 0 Å². The molecule has 90 valence electrons. The maximum absolute atomic E-state index is 4.54. The van der Waals surface area contributed by atoms with E-state index in [2.05, 4.69) is 35.3 Å². The van der Waals surface area contributed by atoms with Crippen molar-refractivity contribution < 1.29 is 0 Å². The van der Waals surface area contributed by atoms with Gasteiger partial charge in [0.1, 0.15) is 0 Å². The van der Waals surface area contributed by atoms with Crippen molar-refractivity contribution in [1.82, 2.24) is 14.6 Å². The molecule has 1 N–H and O–H groups in total. The number of pyridine rings is 1. The smallest absolute Gasteiger partial charge is 0.243 e. The van der Waals surface area contributed by atoms with Gasteiger partial charge in [-0.1, -0.05) is 13.0 Å². The number of rotatable bonds is 2. The summed E-state index contributed by atoms with van der Waals surface area (Å²) in [6.45, 7) is 4.37. The second-order valence-corrected chi connectivity index (χ2v) is 5.15. The summed E-state index contributed by atoms with van der Waals surface area (Å²) in [5, 5.41) is 7.90. The molecule has 2 unspecified atom stereocenters. The molecule has 2 aromatic heterocycles. The third kappa shape index (κ3) is 1.99. The van der Waals surface area contributed by atoms with Crippen LogP contribution >= 0.6 is 0 Å². The molecule has 0 amide bonds. The van der Waals surface area contributed by atoms with Gasteiger partial charge in [-0.25, -0.2) is 4.52 Å². The quantitative estimate of drug-likeness (QED) is 0.862. The van der Waals surface area contributed by atoms with E-state index < -0.39 is 0 Å². The average Bonchev–Trinajstić information content (AvgIpc) is 2.86. The Morgan fingerprint density at radius 1 is 1.41 bits per heavy atom. The molecule has 1 aliphatic carbocycles. The minimum Gasteiger partial charge on any atom is -0.350 e. The second-order valence-electron chi connectivity index (χ2n) is 5.15. The standard InChI is InChI=1S/C13H18N4/c1-9-5-6-11(8-9)14-13-15-12-10(2)4-3-7-17(12)16-13/h3-4,7,9,11H,5-6,8H2,1-2H3,(H,14,16). The van der Waals surface area contributed by atoms with Crippen molar-refractivity contribution in [3.05, 3.63) is 23.9 Å². The van der Waals surface area contributed by atoms with Crippen LogP contribution in [0.3, 0.4) is 0 Å². The summed E-state index contributed by atoms with van der Waals surface area (Å²) >= 11 is 0. The number of anilines is 1. The monoisotopic (exact) mass is 230 g/mol. The fourth-order valence-electron chi connectivity index (χ4n) is 2.62. The van der Waals surface area contributed by atoms with E-state index in [0.717, 1.165) is 23.1 Å². The van der Waals surface area contributed by atoms with Crippen LogP contribution in [-0.4, -0.2) is 20.6 Å². The summed E-state index contributed by atoms with van der Waals surface area (Å²) < 4.78 is 1.84. The van der Waals surface area contributed by atoms with Crippen LogP contribution < -0.4 is 5.32 Å². The first kappa shape index (κ1) is 10.6. The lowest BCUT2D eigenvalue weighted by Gasteiger charge is -2.09. The van der Waals surface area contributed by atoms with Crippen LogP contribution in [0.25, 0.3) is 5.65 Å². The molecule has 17 heavy (non-hydrogen) atoms. The Morgan fingerprint density at radius 2 is 2.29 bits per heavy atom. The van der Waals surface area contributed by atoms with E-state index in [1.54, 1.807) is 0 Å². The molecule has 0 aliphatic heterocycles. The lowest BCUT2D eigenvalue weighted by Crippen LogP contribution is -2.16. The number of nitrogens with one attached hydrogen (secondary N) is 1. The van der Waals surface area contributed by atoms with E-state index in [0.29, 0.717) is 6.04 Å². The third-order valence-electron chi connectivity index (χ3n) is 3.59. The van der Waals surface area contributed by atoms with E-state index >= 15 is 0 Å². The molecule has 4 heteroatoms. The Bertz CT molecular complexity index is 531. The van der Waals surface area contributed by atoms with Crippen molar-refractivity contribution in [2.45, 2.75) is 39.2 Å². The van der Waals surface area contributed by atoms with Gasteiger partial charge in [0.05, 0.1) is 0 Å². The van der Waals surface area contributed by atoms with Gasteiger partial charge in [0.25, 0.3) is 0 Å². The van der Waals surface area contributed by atoms with Crippen LogP contribution in [0.4, 0.5) is 5.95 Å². The van der Waals surface area contributed by atoms with Gasteiger partial charge in [-0.05, 0) is 43.7 Å². The van der Waals surface area contributed by atoms with Crippen LogP contribution in [0.5, 0.6) is 0 Å². The zero-order valence-corrected chi connectivity index (χ0v) is 10.3. The van der Waals surface area contributed by atoms with E-state index in [-0.39, 0.29) is 0 Å². The lowest BCUT2D eigenvalue weighted by atomic mass is 10.1. The van der Waals surface area contributed by atoms with Crippen molar-refractivity contribution in [2.75, 3.05) is 5.32 Å². The van der Waals surface area contributed by atoms with Gasteiger partial charge in [-0.3, -0.25) is 0 Å². The van der Waals surface area contributed by atoms with Gasteiger partial charge < -0.3 is 5.32 Å². The number of aromatic nitrogens is 3. The van der Waals surface area contributed by atoms with Gasteiger partial charge in [0.15, 0.2) is 5.65 Å². The largest absolute Gasteiger partial charge is 0.350 e. The summed E-state index contributed by atoms with van der Waals surface area (Å²) in [4.78, 5) is 4.54. The maximum Gasteiger partial charge on any atom is 0.243 e. The highest BCUT2D eigenvalue weighted by Crippen LogP contribution is 2.26. The Labute approximate surface area is 101 Å². The lowest BCUT2D eigenvalue weighted by molar-refractivity contribution is 0.601. The SMILES string of the molecule is Cc1cccn2nc(NC3CCC(C)C3)nc12. The number of nitrogens with zero attached hydrogens (tertiary/aromatic N) is 3. The second kappa shape index (κ2) is 4.02. The van der Waals surface area contributed by atoms with E-state index in [9.17, 15) is 0 Å². The van der Waals surface area contributed by atoms with Crippen LogP contribution in [0, 0.1) is 12.8 Å². The molecule has 0 spiro atoms. The highest BCUT2D eigenvalue weighted by molar-refractivity contribution is 5.50. The average molecular weight is 230 g/mol. The number of hydrogen-bond acceptors (Lipinski definition) is 3. The molecule has 1 fully saturated rings. The fourth-order valence-corrected chi connectivity index (χ4v) is 2.62. The highest BCUT2D eigenvalue weighted by Gasteiger charge is 2.22. The van der Waals surface area contributed by atoms with Gasteiger partial charge in [0, 0.05) is 12.2 Å². The molecule has 4 nitrogen and oxygen atoms in total. The van der Waals surface area contributed by atoms with Gasteiger partial charge in [-0.2, -0.15) is 4.98 Å². The van der Waals surface area contributed by atoms with Crippen LogP contribution in [0.2, 0.25) is 0 Å². The Balaban J connectivity index is 1.84. The van der Waals surface area contributed by atoms with Crippen molar-refractivity contribution in [3.63, 3.8) is 0 Å². The number of aryl methyl sites for hydroxylation is 1. The molecular formula is C13H18N4. The fraction of sp³-hybridized carbons (Fsp3) is 0.538. The topological polar surface area (TPSA) is 42.2 Å². The first-order chi connectivity index (χ1) is 8.22. The molecule has 2 heterocycles. The summed E-state index contributed by atoms with van der Waals surface area (Å²) in [5.74, 6) is 1.59. The number of fused-ring (bicyclic) bond motifs is 1. The molecule has 3 rings (SSSR count). The molecule has 2 aromatic rings. The van der Waals surface area contributed by atoms with Gasteiger partial charge >= 0.3 is 0 Å². The van der Waals surface area contributed by atoms with Crippen molar-refractivity contribution in [2.24, 2.45) is 5.92 Å². The first-order valence-corrected chi connectivity index (χ1v) is 6.31. The summed E-state index contributed by atoms with van der Waals surface area (Å²) in [7, 11) is 0. The molecule has 2 atom stereocenters. The summed E-state index contributed by atoms with van der Waals surface area (Å²) in [6.07, 6.45) is 5.71. The highest BCUT2D eigenvalue weighted by atomic mass is 15.3. The van der Waals surface area contributed by atoms with Crippen molar-refractivity contribution >= 4 is 11.6 Å². The van der Waals surface area contributed by atoms with E-state index in [1.165, 1.54) is 19.3 Å². The molecule has 1 saturated carbocycles. The molecule has 0 aromatic carbocycles. The minimum absolute atomic E-state index is 0.544. The predicted molar refractivity (Wildman–Crippen MR) is 68.1 cm³/mol. The summed E-state index contributed by atoms with van der Waals surface area (Å²) in [5.41, 5.74) is 2.11. The summed E-state index contributed by atoms with van der Waals surface area (Å²) in [6, 6.07) is 4.60. The normalized spacial score (nSPS) is 24.4.